The molecule has 2 aliphatic heterocycles. The van der Waals surface area contributed by atoms with Gasteiger partial charge in [-0.05, 0) is 50.1 Å². The second kappa shape index (κ2) is 9.87. The molecular weight excluding hydrogens is 458 g/mol. The summed E-state index contributed by atoms with van der Waals surface area (Å²) in [6.07, 6.45) is 3.00. The van der Waals surface area contributed by atoms with Crippen molar-refractivity contribution in [2.24, 2.45) is 0 Å². The lowest BCUT2D eigenvalue weighted by molar-refractivity contribution is -0.121. The first-order valence-electron chi connectivity index (χ1n) is 11.2. The van der Waals surface area contributed by atoms with E-state index in [0.29, 0.717) is 24.5 Å². The molecule has 0 radical (unpaired) electrons. The number of thioether (sulfide) groups is 1. The first-order valence-corrected chi connectivity index (χ1v) is 13.5. The summed E-state index contributed by atoms with van der Waals surface area (Å²) in [5.74, 6) is -0.526. The Balaban J connectivity index is 1.64. The Hall–Kier alpha value is -2.36. The minimum absolute atomic E-state index is 0.0194. The second-order valence-electron chi connectivity index (χ2n) is 8.62. The molecule has 2 aromatic rings. The van der Waals surface area contributed by atoms with E-state index < -0.39 is 10.0 Å². The van der Waals surface area contributed by atoms with Crippen LogP contribution in [-0.4, -0.2) is 49.4 Å². The maximum Gasteiger partial charge on any atom is 0.244 e. The number of amides is 2. The number of hydrogen-bond acceptors (Lipinski definition) is 5. The number of benzene rings is 2. The smallest absolute Gasteiger partial charge is 0.244 e. The summed E-state index contributed by atoms with van der Waals surface area (Å²) < 4.78 is 28.0. The van der Waals surface area contributed by atoms with Gasteiger partial charge in [-0.15, -0.1) is 11.8 Å². The number of carbonyl (C=O) groups excluding carboxylic acids is 2. The van der Waals surface area contributed by atoms with Gasteiger partial charge in [-0.25, -0.2) is 8.42 Å². The highest BCUT2D eigenvalue weighted by Gasteiger charge is 2.31. The number of fused-ring (bicyclic) bond motifs is 1. The molecule has 2 aromatic carbocycles. The van der Waals surface area contributed by atoms with Crippen LogP contribution in [0.1, 0.15) is 38.2 Å². The zero-order valence-corrected chi connectivity index (χ0v) is 20.5. The minimum atomic E-state index is -3.66. The Bertz CT molecular complexity index is 1140. The molecule has 1 fully saturated rings. The molecule has 176 valence electrons. The van der Waals surface area contributed by atoms with Crippen LogP contribution in [0.25, 0.3) is 0 Å². The van der Waals surface area contributed by atoms with Crippen LogP contribution in [0.3, 0.4) is 0 Å². The molecule has 9 heteroatoms. The van der Waals surface area contributed by atoms with E-state index in [1.807, 2.05) is 38.1 Å². The molecule has 1 atom stereocenters. The van der Waals surface area contributed by atoms with Crippen molar-refractivity contribution < 1.29 is 18.0 Å². The second-order valence-corrected chi connectivity index (χ2v) is 12.0. The molecule has 0 spiro atoms. The standard InChI is InChI=1S/C24H29N3O4S2/c1-17-6-8-19(9-7-17)25-23(28)16-27-21-15-20(33(30,31)26-12-4-3-5-13-26)10-11-22(21)32-18(2)14-24(27)29/h6-11,15,18H,3-5,12-14,16H2,1-2H3,(H,25,28)/t18-/m1/s1. The molecule has 0 saturated carbocycles. The number of piperidine rings is 1. The largest absolute Gasteiger partial charge is 0.325 e. The van der Waals surface area contributed by atoms with Gasteiger partial charge in [0.2, 0.25) is 21.8 Å². The van der Waals surface area contributed by atoms with E-state index in [-0.39, 0.29) is 34.9 Å². The number of rotatable bonds is 5. The van der Waals surface area contributed by atoms with Crippen molar-refractivity contribution >= 4 is 45.0 Å². The van der Waals surface area contributed by atoms with Crippen LogP contribution < -0.4 is 10.2 Å². The van der Waals surface area contributed by atoms with E-state index in [0.717, 1.165) is 29.7 Å². The van der Waals surface area contributed by atoms with Crippen LogP contribution in [-0.2, 0) is 19.6 Å². The van der Waals surface area contributed by atoms with E-state index in [4.69, 9.17) is 0 Å². The molecule has 0 aliphatic carbocycles. The van der Waals surface area contributed by atoms with Crippen LogP contribution >= 0.6 is 11.8 Å². The van der Waals surface area contributed by atoms with Crippen molar-refractivity contribution in [3.8, 4) is 0 Å². The van der Waals surface area contributed by atoms with E-state index in [9.17, 15) is 18.0 Å². The van der Waals surface area contributed by atoms with Crippen molar-refractivity contribution in [1.82, 2.24) is 4.31 Å². The fourth-order valence-electron chi connectivity index (χ4n) is 4.13. The van der Waals surface area contributed by atoms with Gasteiger partial charge < -0.3 is 10.2 Å². The van der Waals surface area contributed by atoms with Gasteiger partial charge in [-0.3, -0.25) is 9.59 Å². The van der Waals surface area contributed by atoms with Crippen molar-refractivity contribution in [1.29, 1.82) is 0 Å². The van der Waals surface area contributed by atoms with Crippen molar-refractivity contribution in [2.75, 3.05) is 29.9 Å². The topological polar surface area (TPSA) is 86.8 Å². The molecule has 4 rings (SSSR count). The zero-order chi connectivity index (χ0) is 23.6. The number of nitrogens with one attached hydrogen (secondary N) is 1. The van der Waals surface area contributed by atoms with Gasteiger partial charge >= 0.3 is 0 Å². The highest BCUT2D eigenvalue weighted by atomic mass is 32.2. The van der Waals surface area contributed by atoms with Crippen molar-refractivity contribution in [3.05, 3.63) is 48.0 Å². The molecule has 1 N–H and O–H groups in total. The number of sulfonamides is 1. The summed E-state index contributed by atoms with van der Waals surface area (Å²) >= 11 is 1.53. The molecule has 0 bridgehead atoms. The van der Waals surface area contributed by atoms with Crippen LogP contribution in [0, 0.1) is 6.92 Å². The Kier molecular flexibility index (Phi) is 7.11. The summed E-state index contributed by atoms with van der Waals surface area (Å²) in [5, 5.41) is 2.85. The van der Waals surface area contributed by atoms with E-state index >= 15 is 0 Å². The molecule has 1 saturated heterocycles. The monoisotopic (exact) mass is 487 g/mol. The third-order valence-corrected chi connectivity index (χ3v) is 8.97. The number of anilines is 2. The maximum absolute atomic E-state index is 13.2. The molecule has 7 nitrogen and oxygen atoms in total. The number of hydrogen-bond donors (Lipinski definition) is 1. The average Bonchev–Trinajstić information content (AvgIpc) is 2.90. The summed E-state index contributed by atoms with van der Waals surface area (Å²) in [6, 6.07) is 12.4. The summed E-state index contributed by atoms with van der Waals surface area (Å²) in [6.45, 7) is 4.76. The van der Waals surface area contributed by atoms with Gasteiger partial charge in [-0.1, -0.05) is 31.0 Å². The summed E-state index contributed by atoms with van der Waals surface area (Å²) in [5.41, 5.74) is 2.21. The molecular formula is C24H29N3O4S2. The Labute approximate surface area is 199 Å². The number of aryl methyl sites for hydroxylation is 1. The van der Waals surface area contributed by atoms with Gasteiger partial charge in [0, 0.05) is 35.3 Å². The predicted octanol–water partition coefficient (Wildman–Crippen LogP) is 4.03. The maximum atomic E-state index is 13.2. The van der Waals surface area contributed by atoms with Crippen molar-refractivity contribution in [2.45, 2.75) is 54.6 Å². The molecule has 0 aromatic heterocycles. The lowest BCUT2D eigenvalue weighted by atomic mass is 10.2. The molecule has 2 amide bonds. The highest BCUT2D eigenvalue weighted by molar-refractivity contribution is 8.00. The third-order valence-electron chi connectivity index (χ3n) is 5.90. The molecule has 33 heavy (non-hydrogen) atoms. The number of carbonyl (C=O) groups is 2. The predicted molar refractivity (Wildman–Crippen MR) is 131 cm³/mol. The lowest BCUT2D eigenvalue weighted by Gasteiger charge is -2.27. The molecule has 2 aliphatic rings. The zero-order valence-electron chi connectivity index (χ0n) is 18.9. The third kappa shape index (κ3) is 5.42. The Morgan fingerprint density at radius 1 is 1.09 bits per heavy atom. The normalized spacial score (nSPS) is 19.6. The van der Waals surface area contributed by atoms with Gasteiger partial charge in [0.25, 0.3) is 0 Å². The fraction of sp³-hybridized carbons (Fsp3) is 0.417. The Morgan fingerprint density at radius 2 is 1.79 bits per heavy atom. The van der Waals surface area contributed by atoms with Crippen molar-refractivity contribution in [3.63, 3.8) is 0 Å². The first kappa shape index (κ1) is 23.8. The van der Waals surface area contributed by atoms with Gasteiger partial charge in [0.05, 0.1) is 10.6 Å². The van der Waals surface area contributed by atoms with Crippen LogP contribution in [0.15, 0.2) is 52.3 Å². The van der Waals surface area contributed by atoms with Crippen LogP contribution in [0.5, 0.6) is 0 Å². The Morgan fingerprint density at radius 3 is 2.48 bits per heavy atom. The summed E-state index contributed by atoms with van der Waals surface area (Å²) in [7, 11) is -3.66. The quantitative estimate of drug-likeness (QED) is 0.688. The van der Waals surface area contributed by atoms with Gasteiger partial charge in [0.15, 0.2) is 0 Å². The van der Waals surface area contributed by atoms with Crippen LogP contribution in [0.2, 0.25) is 0 Å². The fourth-order valence-corrected chi connectivity index (χ4v) is 6.76. The van der Waals surface area contributed by atoms with Crippen LogP contribution in [0.4, 0.5) is 11.4 Å². The minimum Gasteiger partial charge on any atom is -0.325 e. The first-order chi connectivity index (χ1) is 15.7. The van der Waals surface area contributed by atoms with E-state index in [1.165, 1.54) is 21.0 Å². The van der Waals surface area contributed by atoms with Gasteiger partial charge in [0.1, 0.15) is 6.54 Å². The number of nitrogens with zero attached hydrogens (tertiary/aromatic N) is 2. The molecule has 2 heterocycles. The highest BCUT2D eigenvalue weighted by Crippen LogP contribution is 2.39. The van der Waals surface area contributed by atoms with E-state index in [1.54, 1.807) is 18.2 Å². The SMILES string of the molecule is Cc1ccc(NC(=O)CN2C(=O)C[C@@H](C)Sc3ccc(S(=O)(=O)N4CCCCC4)cc32)cc1. The lowest BCUT2D eigenvalue weighted by Crippen LogP contribution is -2.39. The molecule has 0 unspecified atom stereocenters. The summed E-state index contributed by atoms with van der Waals surface area (Å²) in [4.78, 5) is 28.2. The average molecular weight is 488 g/mol. The van der Waals surface area contributed by atoms with E-state index in [2.05, 4.69) is 5.32 Å². The van der Waals surface area contributed by atoms with Gasteiger partial charge in [-0.2, -0.15) is 4.31 Å².